The molecule has 132 valence electrons. The number of nitrogens with one attached hydrogen (secondary N) is 1. The highest BCUT2D eigenvalue weighted by Gasteiger charge is 2.20. The second-order valence-electron chi connectivity index (χ2n) is 5.74. The number of halogens is 1. The van der Waals surface area contributed by atoms with Gasteiger partial charge in [-0.05, 0) is 32.6 Å². The highest BCUT2D eigenvalue weighted by atomic mass is 127. The Balaban J connectivity index is 0.00000264. The summed E-state index contributed by atoms with van der Waals surface area (Å²) in [7, 11) is 1.80. The van der Waals surface area contributed by atoms with Gasteiger partial charge in [-0.25, -0.2) is 0 Å². The van der Waals surface area contributed by atoms with Gasteiger partial charge in [0.2, 0.25) is 5.89 Å². The molecule has 1 aliphatic heterocycles. The smallest absolute Gasteiger partial charge is 0.246 e. The predicted molar refractivity (Wildman–Crippen MR) is 99.9 cm³/mol. The van der Waals surface area contributed by atoms with Gasteiger partial charge in [-0.2, -0.15) is 4.98 Å². The molecule has 2 rings (SSSR count). The molecule has 1 aliphatic rings. The van der Waals surface area contributed by atoms with Crippen LogP contribution in [0.3, 0.4) is 0 Å². The second-order valence-corrected chi connectivity index (χ2v) is 5.74. The molecule has 1 fully saturated rings. The maximum atomic E-state index is 5.46. The van der Waals surface area contributed by atoms with E-state index < -0.39 is 0 Å². The van der Waals surface area contributed by atoms with Crippen LogP contribution in [-0.4, -0.2) is 47.7 Å². The third-order valence-corrected chi connectivity index (χ3v) is 3.83. The normalized spacial score (nSPS) is 20.1. The van der Waals surface area contributed by atoms with Crippen molar-refractivity contribution in [1.82, 2.24) is 20.4 Å². The number of rotatable bonds is 5. The summed E-state index contributed by atoms with van der Waals surface area (Å²) in [6, 6.07) is 0. The fraction of sp³-hybridized carbons (Fsp3) is 0.800. The van der Waals surface area contributed by atoms with Crippen molar-refractivity contribution < 1.29 is 9.26 Å². The van der Waals surface area contributed by atoms with Gasteiger partial charge in [-0.15, -0.1) is 24.0 Å². The van der Waals surface area contributed by atoms with Gasteiger partial charge in [0.15, 0.2) is 11.8 Å². The summed E-state index contributed by atoms with van der Waals surface area (Å²) in [5.41, 5.74) is 0. The molecule has 0 amide bonds. The first-order chi connectivity index (χ1) is 10.6. The minimum atomic E-state index is -0.148. The van der Waals surface area contributed by atoms with E-state index in [0.29, 0.717) is 30.8 Å². The van der Waals surface area contributed by atoms with E-state index in [0.717, 1.165) is 19.0 Å². The largest absolute Gasteiger partial charge is 0.371 e. The molecule has 0 saturated carbocycles. The Kier molecular flexibility index (Phi) is 8.82. The minimum Gasteiger partial charge on any atom is -0.371 e. The number of likely N-dealkylation sites (tertiary alicyclic amines) is 1. The third-order valence-electron chi connectivity index (χ3n) is 3.83. The van der Waals surface area contributed by atoms with E-state index in [2.05, 4.69) is 32.3 Å². The van der Waals surface area contributed by atoms with Crippen molar-refractivity contribution in [1.29, 1.82) is 0 Å². The van der Waals surface area contributed by atoms with E-state index in [-0.39, 0.29) is 30.1 Å². The van der Waals surface area contributed by atoms with Crippen LogP contribution in [0.2, 0.25) is 0 Å². The molecule has 7 nitrogen and oxygen atoms in total. The van der Waals surface area contributed by atoms with Crippen molar-refractivity contribution in [3.63, 3.8) is 0 Å². The Bertz CT molecular complexity index is 494. The van der Waals surface area contributed by atoms with Gasteiger partial charge >= 0.3 is 0 Å². The predicted octanol–water partition coefficient (Wildman–Crippen LogP) is 2.59. The standard InChI is InChI=1S/C15H27N5O2.HI/c1-5-21-12(3)14-18-13(22-19-14)9-17-15(16-4)20-8-6-7-11(2)10-20;/h11-12H,5-10H2,1-4H3,(H,16,17);1H. The van der Waals surface area contributed by atoms with Gasteiger partial charge in [0.25, 0.3) is 0 Å². The van der Waals surface area contributed by atoms with E-state index in [9.17, 15) is 0 Å². The molecular formula is C15H28IN5O2. The summed E-state index contributed by atoms with van der Waals surface area (Å²) in [6.07, 6.45) is 2.35. The Morgan fingerprint density at radius 2 is 2.35 bits per heavy atom. The highest BCUT2D eigenvalue weighted by Crippen LogP contribution is 2.16. The number of aliphatic imine (C=N–C) groups is 1. The van der Waals surface area contributed by atoms with Crippen LogP contribution >= 0.6 is 24.0 Å². The van der Waals surface area contributed by atoms with Crippen molar-refractivity contribution in [2.75, 3.05) is 26.7 Å². The molecule has 2 atom stereocenters. The number of aromatic nitrogens is 2. The van der Waals surface area contributed by atoms with Crippen LogP contribution < -0.4 is 5.32 Å². The molecular weight excluding hydrogens is 409 g/mol. The zero-order valence-electron chi connectivity index (χ0n) is 14.4. The molecule has 1 saturated heterocycles. The summed E-state index contributed by atoms with van der Waals surface area (Å²) in [4.78, 5) is 11.0. The van der Waals surface area contributed by atoms with E-state index in [4.69, 9.17) is 9.26 Å². The number of hydrogen-bond donors (Lipinski definition) is 1. The fourth-order valence-electron chi connectivity index (χ4n) is 2.70. The molecule has 2 heterocycles. The number of ether oxygens (including phenoxy) is 1. The molecule has 0 bridgehead atoms. The van der Waals surface area contributed by atoms with Crippen LogP contribution in [0, 0.1) is 5.92 Å². The lowest BCUT2D eigenvalue weighted by atomic mass is 10.0. The second kappa shape index (κ2) is 10.1. The molecule has 2 unspecified atom stereocenters. The third kappa shape index (κ3) is 5.91. The van der Waals surface area contributed by atoms with Gasteiger partial charge in [0.1, 0.15) is 6.10 Å². The van der Waals surface area contributed by atoms with Crippen LogP contribution in [0.5, 0.6) is 0 Å². The Morgan fingerprint density at radius 3 is 3.00 bits per heavy atom. The summed E-state index contributed by atoms with van der Waals surface area (Å²) in [5.74, 6) is 2.73. The van der Waals surface area contributed by atoms with E-state index in [1.807, 2.05) is 13.8 Å². The molecule has 23 heavy (non-hydrogen) atoms. The molecule has 0 aliphatic carbocycles. The first-order valence-electron chi connectivity index (χ1n) is 8.03. The van der Waals surface area contributed by atoms with Crippen molar-refractivity contribution in [2.45, 2.75) is 46.3 Å². The van der Waals surface area contributed by atoms with Gasteiger partial charge in [-0.3, -0.25) is 4.99 Å². The number of hydrogen-bond acceptors (Lipinski definition) is 5. The summed E-state index contributed by atoms with van der Waals surface area (Å²) >= 11 is 0. The summed E-state index contributed by atoms with van der Waals surface area (Å²) < 4.78 is 10.7. The van der Waals surface area contributed by atoms with Crippen molar-refractivity contribution >= 4 is 29.9 Å². The quantitative estimate of drug-likeness (QED) is 0.434. The molecule has 0 radical (unpaired) electrons. The zero-order valence-corrected chi connectivity index (χ0v) is 16.7. The van der Waals surface area contributed by atoms with Crippen LogP contribution in [-0.2, 0) is 11.3 Å². The molecule has 0 aromatic carbocycles. The minimum absolute atomic E-state index is 0. The first-order valence-corrected chi connectivity index (χ1v) is 8.03. The van der Waals surface area contributed by atoms with Crippen molar-refractivity contribution in [3.05, 3.63) is 11.7 Å². The average molecular weight is 437 g/mol. The zero-order chi connectivity index (χ0) is 15.9. The van der Waals surface area contributed by atoms with Crippen LogP contribution in [0.15, 0.2) is 9.52 Å². The van der Waals surface area contributed by atoms with Crippen molar-refractivity contribution in [2.24, 2.45) is 10.9 Å². The number of nitrogens with zero attached hydrogens (tertiary/aromatic N) is 4. The maximum absolute atomic E-state index is 5.46. The van der Waals surface area contributed by atoms with Gasteiger partial charge in [-0.1, -0.05) is 12.1 Å². The number of guanidine groups is 1. The number of piperidine rings is 1. The SMILES string of the molecule is CCOC(C)c1noc(CNC(=NC)N2CCCC(C)C2)n1.I. The topological polar surface area (TPSA) is 75.8 Å². The Labute approximate surface area is 155 Å². The highest BCUT2D eigenvalue weighted by molar-refractivity contribution is 14.0. The van der Waals surface area contributed by atoms with E-state index in [1.165, 1.54) is 12.8 Å². The molecule has 1 N–H and O–H groups in total. The Morgan fingerprint density at radius 1 is 1.57 bits per heavy atom. The van der Waals surface area contributed by atoms with Crippen LogP contribution in [0.25, 0.3) is 0 Å². The van der Waals surface area contributed by atoms with Crippen LogP contribution in [0.4, 0.5) is 0 Å². The van der Waals surface area contributed by atoms with Gasteiger partial charge in [0.05, 0.1) is 6.54 Å². The van der Waals surface area contributed by atoms with Crippen LogP contribution in [0.1, 0.15) is 51.4 Å². The summed E-state index contributed by atoms with van der Waals surface area (Å²) in [5, 5.41) is 7.26. The first kappa shape index (κ1) is 20.1. The lowest BCUT2D eigenvalue weighted by molar-refractivity contribution is 0.0683. The molecule has 1 aromatic rings. The molecule has 8 heteroatoms. The van der Waals surface area contributed by atoms with E-state index in [1.54, 1.807) is 7.05 Å². The molecule has 0 spiro atoms. The summed E-state index contributed by atoms with van der Waals surface area (Å²) in [6.45, 7) is 9.32. The molecule has 1 aromatic heterocycles. The lowest BCUT2D eigenvalue weighted by Gasteiger charge is -2.33. The maximum Gasteiger partial charge on any atom is 0.246 e. The monoisotopic (exact) mass is 437 g/mol. The lowest BCUT2D eigenvalue weighted by Crippen LogP contribution is -2.45. The van der Waals surface area contributed by atoms with Gasteiger partial charge in [0, 0.05) is 26.7 Å². The Hall–Kier alpha value is -0.900. The van der Waals surface area contributed by atoms with Gasteiger partial charge < -0.3 is 19.5 Å². The van der Waals surface area contributed by atoms with E-state index >= 15 is 0 Å². The fourth-order valence-corrected chi connectivity index (χ4v) is 2.70. The van der Waals surface area contributed by atoms with Crippen molar-refractivity contribution in [3.8, 4) is 0 Å². The average Bonchev–Trinajstić information content (AvgIpc) is 2.97.